The molecule has 0 unspecified atom stereocenters. The van der Waals surface area contributed by atoms with Gasteiger partial charge in [0, 0.05) is 32.9 Å². The zero-order valence-corrected chi connectivity index (χ0v) is 15.2. The number of pyridine rings is 1. The smallest absolute Gasteiger partial charge is 0.272 e. The number of carbonyl (C=O) groups excluding carboxylic acids is 2. The number of imidazole rings is 1. The molecule has 2 aliphatic heterocycles. The van der Waals surface area contributed by atoms with Crippen LogP contribution in [0.2, 0.25) is 5.02 Å². The second kappa shape index (κ2) is 5.73. The van der Waals surface area contributed by atoms with Crippen molar-refractivity contribution in [2.45, 2.75) is 26.2 Å². The van der Waals surface area contributed by atoms with E-state index in [1.165, 1.54) is 0 Å². The highest BCUT2D eigenvalue weighted by Gasteiger charge is 2.49. The van der Waals surface area contributed by atoms with Gasteiger partial charge in [0.2, 0.25) is 5.91 Å². The van der Waals surface area contributed by atoms with Crippen LogP contribution < -0.4 is 0 Å². The van der Waals surface area contributed by atoms with E-state index in [1.54, 1.807) is 32.5 Å². The zero-order valence-electron chi connectivity index (χ0n) is 14.5. The second-order valence-corrected chi connectivity index (χ2v) is 7.65. The van der Waals surface area contributed by atoms with Gasteiger partial charge in [0.25, 0.3) is 5.91 Å². The maximum atomic E-state index is 13.2. The predicted molar refractivity (Wildman–Crippen MR) is 94.8 cm³/mol. The Morgan fingerprint density at radius 3 is 2.88 bits per heavy atom. The highest BCUT2D eigenvalue weighted by Crippen LogP contribution is 2.40. The molecular formula is C18H21ClN4O2. The largest absolute Gasteiger partial charge is 0.345 e. The summed E-state index contributed by atoms with van der Waals surface area (Å²) < 4.78 is 1.75. The fourth-order valence-corrected chi connectivity index (χ4v) is 4.40. The van der Waals surface area contributed by atoms with E-state index in [9.17, 15) is 9.59 Å². The molecule has 2 aliphatic rings. The summed E-state index contributed by atoms with van der Waals surface area (Å²) in [5.41, 5.74) is 1.51. The average Bonchev–Trinajstić information content (AvgIpc) is 3.13. The highest BCUT2D eigenvalue weighted by molar-refractivity contribution is 6.30. The number of hydrogen-bond donors (Lipinski definition) is 0. The quantitative estimate of drug-likeness (QED) is 0.784. The molecule has 0 radical (unpaired) electrons. The summed E-state index contributed by atoms with van der Waals surface area (Å²) in [7, 11) is 1.85. The van der Waals surface area contributed by atoms with Gasteiger partial charge in [-0.1, -0.05) is 11.6 Å². The number of halogens is 1. The molecule has 132 valence electrons. The Labute approximate surface area is 151 Å². The van der Waals surface area contributed by atoms with E-state index in [4.69, 9.17) is 11.6 Å². The summed E-state index contributed by atoms with van der Waals surface area (Å²) in [4.78, 5) is 33.9. The number of piperidine rings is 1. The minimum Gasteiger partial charge on any atom is -0.345 e. The normalized spacial score (nSPS) is 23.9. The summed E-state index contributed by atoms with van der Waals surface area (Å²) in [5.74, 6) is 0.0946. The standard InChI is InChI=1S/C18H21ClN4O2/c1-12-15(23-10-13(19)4-5-14(23)20-12)16(24)22-9-7-18(11-22)6-3-8-21(2)17(18)25/h4-5,10H,3,6-9,11H2,1-2H3/t18-/m0/s1. The van der Waals surface area contributed by atoms with Gasteiger partial charge in [0.15, 0.2) is 0 Å². The van der Waals surface area contributed by atoms with E-state index in [2.05, 4.69) is 4.98 Å². The third-order valence-corrected chi connectivity index (χ3v) is 5.77. The van der Waals surface area contributed by atoms with Crippen LogP contribution in [0.5, 0.6) is 0 Å². The molecule has 4 rings (SSSR count). The minimum absolute atomic E-state index is 0.0785. The van der Waals surface area contributed by atoms with Crippen molar-refractivity contribution in [3.05, 3.63) is 34.7 Å². The van der Waals surface area contributed by atoms with E-state index in [0.29, 0.717) is 35.1 Å². The van der Waals surface area contributed by atoms with Gasteiger partial charge in [-0.2, -0.15) is 0 Å². The van der Waals surface area contributed by atoms with Crippen molar-refractivity contribution >= 4 is 29.1 Å². The maximum Gasteiger partial charge on any atom is 0.272 e. The average molecular weight is 361 g/mol. The van der Waals surface area contributed by atoms with Crippen molar-refractivity contribution < 1.29 is 9.59 Å². The van der Waals surface area contributed by atoms with Gasteiger partial charge in [-0.05, 0) is 38.3 Å². The van der Waals surface area contributed by atoms with E-state index in [1.807, 2.05) is 14.0 Å². The third-order valence-electron chi connectivity index (χ3n) is 5.55. The Bertz CT molecular complexity index is 877. The lowest BCUT2D eigenvalue weighted by molar-refractivity contribution is -0.143. The van der Waals surface area contributed by atoms with Crippen molar-refractivity contribution in [3.8, 4) is 0 Å². The number of nitrogens with zero attached hydrogens (tertiary/aromatic N) is 4. The van der Waals surface area contributed by atoms with Crippen molar-refractivity contribution in [1.82, 2.24) is 19.2 Å². The molecule has 6 nitrogen and oxygen atoms in total. The van der Waals surface area contributed by atoms with Crippen LogP contribution in [0.1, 0.15) is 35.4 Å². The first-order valence-electron chi connectivity index (χ1n) is 8.60. The molecule has 2 fully saturated rings. The first kappa shape index (κ1) is 16.4. The van der Waals surface area contributed by atoms with Crippen LogP contribution in [0, 0.1) is 12.3 Å². The van der Waals surface area contributed by atoms with Gasteiger partial charge in [0.1, 0.15) is 11.3 Å². The molecular weight excluding hydrogens is 340 g/mol. The number of aromatic nitrogens is 2. The molecule has 1 spiro atoms. The van der Waals surface area contributed by atoms with E-state index >= 15 is 0 Å². The summed E-state index contributed by atoms with van der Waals surface area (Å²) in [6, 6.07) is 3.57. The minimum atomic E-state index is -0.408. The molecule has 2 aromatic heterocycles. The number of aryl methyl sites for hydroxylation is 1. The molecule has 0 bridgehead atoms. The van der Waals surface area contributed by atoms with Crippen LogP contribution in [0.25, 0.3) is 5.65 Å². The van der Waals surface area contributed by atoms with E-state index in [0.717, 1.165) is 25.8 Å². The fourth-order valence-electron chi connectivity index (χ4n) is 4.24. The SMILES string of the molecule is Cc1nc2ccc(Cl)cn2c1C(=O)N1CC[C@@]2(CCCN(C)C2=O)C1. The molecule has 25 heavy (non-hydrogen) atoms. The van der Waals surface area contributed by atoms with Crippen LogP contribution in [0.15, 0.2) is 18.3 Å². The zero-order chi connectivity index (χ0) is 17.8. The molecule has 0 aliphatic carbocycles. The molecule has 2 amide bonds. The third kappa shape index (κ3) is 2.51. The monoisotopic (exact) mass is 360 g/mol. The second-order valence-electron chi connectivity index (χ2n) is 7.21. The molecule has 0 aromatic carbocycles. The van der Waals surface area contributed by atoms with E-state index in [-0.39, 0.29) is 11.8 Å². The summed E-state index contributed by atoms with van der Waals surface area (Å²) in [6.07, 6.45) is 4.31. The molecule has 2 saturated heterocycles. The molecule has 0 saturated carbocycles. The Morgan fingerprint density at radius 1 is 1.28 bits per heavy atom. The fraction of sp³-hybridized carbons (Fsp3) is 0.500. The van der Waals surface area contributed by atoms with Gasteiger partial charge < -0.3 is 9.80 Å². The molecule has 0 N–H and O–H groups in total. The molecule has 7 heteroatoms. The highest BCUT2D eigenvalue weighted by atomic mass is 35.5. The van der Waals surface area contributed by atoms with Crippen molar-refractivity contribution in [2.75, 3.05) is 26.7 Å². The number of likely N-dealkylation sites (tertiary alicyclic amines) is 2. The Balaban J connectivity index is 1.66. The van der Waals surface area contributed by atoms with Crippen LogP contribution in [-0.2, 0) is 4.79 Å². The van der Waals surface area contributed by atoms with Crippen LogP contribution in [0.4, 0.5) is 0 Å². The van der Waals surface area contributed by atoms with Gasteiger partial charge in [0.05, 0.1) is 16.1 Å². The number of carbonyl (C=O) groups is 2. The number of amides is 2. The summed E-state index contributed by atoms with van der Waals surface area (Å²) >= 11 is 6.09. The van der Waals surface area contributed by atoms with Gasteiger partial charge >= 0.3 is 0 Å². The van der Waals surface area contributed by atoms with Crippen molar-refractivity contribution in [2.24, 2.45) is 5.41 Å². The van der Waals surface area contributed by atoms with Gasteiger partial charge in [-0.3, -0.25) is 14.0 Å². The van der Waals surface area contributed by atoms with E-state index < -0.39 is 5.41 Å². The Hall–Kier alpha value is -2.08. The topological polar surface area (TPSA) is 57.9 Å². The summed E-state index contributed by atoms with van der Waals surface area (Å²) in [6.45, 7) is 3.73. The van der Waals surface area contributed by atoms with Crippen molar-refractivity contribution in [3.63, 3.8) is 0 Å². The van der Waals surface area contributed by atoms with Gasteiger partial charge in [-0.15, -0.1) is 0 Å². The lowest BCUT2D eigenvalue weighted by Crippen LogP contribution is -2.48. The molecule has 4 heterocycles. The number of fused-ring (bicyclic) bond motifs is 1. The lowest BCUT2D eigenvalue weighted by atomic mass is 9.78. The van der Waals surface area contributed by atoms with Crippen LogP contribution in [0.3, 0.4) is 0 Å². The predicted octanol–water partition coefficient (Wildman–Crippen LogP) is 2.38. The van der Waals surface area contributed by atoms with Crippen molar-refractivity contribution in [1.29, 1.82) is 0 Å². The summed E-state index contributed by atoms with van der Waals surface area (Å²) in [5, 5.41) is 0.556. The first-order valence-corrected chi connectivity index (χ1v) is 8.98. The van der Waals surface area contributed by atoms with Crippen LogP contribution >= 0.6 is 11.6 Å². The van der Waals surface area contributed by atoms with Gasteiger partial charge in [-0.25, -0.2) is 4.98 Å². The maximum absolute atomic E-state index is 13.2. The molecule has 1 atom stereocenters. The Morgan fingerprint density at radius 2 is 2.08 bits per heavy atom. The number of rotatable bonds is 1. The first-order chi connectivity index (χ1) is 11.9. The molecule has 2 aromatic rings. The Kier molecular flexibility index (Phi) is 3.76. The lowest BCUT2D eigenvalue weighted by Gasteiger charge is -2.37. The van der Waals surface area contributed by atoms with Crippen LogP contribution in [-0.4, -0.2) is 57.7 Å². The number of hydrogen-bond acceptors (Lipinski definition) is 3.